The zero-order valence-electron chi connectivity index (χ0n) is 11.7. The minimum atomic E-state index is -0.0927. The molecule has 0 amide bonds. The Morgan fingerprint density at radius 2 is 2.12 bits per heavy atom. The minimum Gasteiger partial charge on any atom is -0.377 e. The van der Waals surface area contributed by atoms with Crippen LogP contribution in [0.2, 0.25) is 0 Å². The summed E-state index contributed by atoms with van der Waals surface area (Å²) < 4.78 is 7.62. The van der Waals surface area contributed by atoms with Crippen LogP contribution in [0.5, 0.6) is 0 Å². The zero-order valence-corrected chi connectivity index (χ0v) is 11.7. The molecule has 0 aliphatic carbocycles. The van der Waals surface area contributed by atoms with Gasteiger partial charge in [0, 0.05) is 26.4 Å². The fourth-order valence-electron chi connectivity index (χ4n) is 2.54. The van der Waals surface area contributed by atoms with Crippen molar-refractivity contribution in [2.45, 2.75) is 44.8 Å². The first-order chi connectivity index (χ1) is 8.11. The standard InChI is InChI=1S/C13H25N3O/c1-6-13(7-2,17-5)12(14-3)8-11-9-15-16(4)10-11/h9-10,12,14H,6-8H2,1-5H3. The molecule has 0 saturated heterocycles. The summed E-state index contributed by atoms with van der Waals surface area (Å²) in [4.78, 5) is 0. The Labute approximate surface area is 104 Å². The third-order valence-corrected chi connectivity index (χ3v) is 3.79. The topological polar surface area (TPSA) is 39.1 Å². The predicted octanol–water partition coefficient (Wildman–Crippen LogP) is 1.76. The number of hydrogen-bond acceptors (Lipinski definition) is 3. The van der Waals surface area contributed by atoms with E-state index in [9.17, 15) is 0 Å². The maximum absolute atomic E-state index is 5.78. The van der Waals surface area contributed by atoms with Crippen LogP contribution < -0.4 is 5.32 Å². The van der Waals surface area contributed by atoms with E-state index in [4.69, 9.17) is 4.74 Å². The monoisotopic (exact) mass is 239 g/mol. The van der Waals surface area contributed by atoms with Gasteiger partial charge in [0.2, 0.25) is 0 Å². The van der Waals surface area contributed by atoms with Crippen molar-refractivity contribution in [1.29, 1.82) is 0 Å². The van der Waals surface area contributed by atoms with Crippen molar-refractivity contribution in [2.75, 3.05) is 14.2 Å². The van der Waals surface area contributed by atoms with Crippen LogP contribution in [0.3, 0.4) is 0 Å². The Kier molecular flexibility index (Phi) is 5.15. The Hall–Kier alpha value is -0.870. The molecule has 1 rings (SSSR count). The number of likely N-dealkylation sites (N-methyl/N-ethyl adjacent to an activating group) is 1. The van der Waals surface area contributed by atoms with Crippen molar-refractivity contribution in [3.05, 3.63) is 18.0 Å². The lowest BCUT2D eigenvalue weighted by Crippen LogP contribution is -2.51. The summed E-state index contributed by atoms with van der Waals surface area (Å²) in [5.41, 5.74) is 1.15. The molecule has 4 nitrogen and oxygen atoms in total. The van der Waals surface area contributed by atoms with E-state index in [0.717, 1.165) is 19.3 Å². The van der Waals surface area contributed by atoms with Crippen LogP contribution >= 0.6 is 0 Å². The minimum absolute atomic E-state index is 0.0927. The van der Waals surface area contributed by atoms with Crippen molar-refractivity contribution in [3.63, 3.8) is 0 Å². The summed E-state index contributed by atoms with van der Waals surface area (Å²) in [5.74, 6) is 0. The summed E-state index contributed by atoms with van der Waals surface area (Å²) >= 11 is 0. The molecule has 0 spiro atoms. The second-order valence-electron chi connectivity index (χ2n) is 4.54. The van der Waals surface area contributed by atoms with Gasteiger partial charge in [0.05, 0.1) is 11.8 Å². The maximum atomic E-state index is 5.78. The van der Waals surface area contributed by atoms with Crippen molar-refractivity contribution in [3.8, 4) is 0 Å². The third kappa shape index (κ3) is 3.07. The van der Waals surface area contributed by atoms with Crippen molar-refractivity contribution >= 4 is 0 Å². The molecule has 98 valence electrons. The largest absolute Gasteiger partial charge is 0.377 e. The molecule has 1 unspecified atom stereocenters. The number of nitrogens with one attached hydrogen (secondary N) is 1. The summed E-state index contributed by atoms with van der Waals surface area (Å²) in [5, 5.41) is 7.60. The second-order valence-corrected chi connectivity index (χ2v) is 4.54. The molecule has 0 aliphatic rings. The molecular formula is C13H25N3O. The quantitative estimate of drug-likeness (QED) is 0.788. The first kappa shape index (κ1) is 14.2. The molecule has 0 bridgehead atoms. The highest BCUT2D eigenvalue weighted by Gasteiger charge is 2.34. The number of methoxy groups -OCH3 is 1. The molecule has 17 heavy (non-hydrogen) atoms. The van der Waals surface area contributed by atoms with E-state index in [-0.39, 0.29) is 5.60 Å². The van der Waals surface area contributed by atoms with Gasteiger partial charge in [0.15, 0.2) is 0 Å². The molecule has 1 atom stereocenters. The lowest BCUT2D eigenvalue weighted by molar-refractivity contribution is -0.0454. The van der Waals surface area contributed by atoms with Gasteiger partial charge in [-0.15, -0.1) is 0 Å². The fourth-order valence-corrected chi connectivity index (χ4v) is 2.54. The van der Waals surface area contributed by atoms with Crippen LogP contribution in [0, 0.1) is 0 Å². The average molecular weight is 239 g/mol. The van der Waals surface area contributed by atoms with Gasteiger partial charge in [-0.1, -0.05) is 13.8 Å². The normalized spacial score (nSPS) is 13.9. The average Bonchev–Trinajstić information content (AvgIpc) is 2.76. The van der Waals surface area contributed by atoms with Gasteiger partial charge in [0.1, 0.15) is 0 Å². The van der Waals surface area contributed by atoms with E-state index >= 15 is 0 Å². The lowest BCUT2D eigenvalue weighted by Gasteiger charge is -2.38. The Morgan fingerprint density at radius 1 is 1.47 bits per heavy atom. The highest BCUT2D eigenvalue weighted by molar-refractivity contribution is 5.09. The molecule has 0 radical (unpaired) electrons. The van der Waals surface area contributed by atoms with Crippen LogP contribution in [0.25, 0.3) is 0 Å². The summed E-state index contributed by atoms with van der Waals surface area (Å²) in [6.45, 7) is 4.36. The smallest absolute Gasteiger partial charge is 0.0828 e. The van der Waals surface area contributed by atoms with Crippen LogP contribution in [0.1, 0.15) is 32.3 Å². The van der Waals surface area contributed by atoms with E-state index in [1.165, 1.54) is 5.56 Å². The highest BCUT2D eigenvalue weighted by Crippen LogP contribution is 2.26. The molecule has 1 aromatic heterocycles. The fraction of sp³-hybridized carbons (Fsp3) is 0.769. The van der Waals surface area contributed by atoms with E-state index in [2.05, 4.69) is 30.5 Å². The molecule has 1 N–H and O–H groups in total. The third-order valence-electron chi connectivity index (χ3n) is 3.79. The first-order valence-electron chi connectivity index (χ1n) is 6.31. The lowest BCUT2D eigenvalue weighted by atomic mass is 9.85. The number of hydrogen-bond donors (Lipinski definition) is 1. The molecular weight excluding hydrogens is 214 g/mol. The number of aryl methyl sites for hydroxylation is 1. The summed E-state index contributed by atoms with van der Waals surface area (Å²) in [6, 6.07) is 0.312. The first-order valence-corrected chi connectivity index (χ1v) is 6.31. The predicted molar refractivity (Wildman–Crippen MR) is 70.1 cm³/mol. The van der Waals surface area contributed by atoms with Gasteiger partial charge in [-0.05, 0) is 31.9 Å². The maximum Gasteiger partial charge on any atom is 0.0828 e. The molecule has 0 aliphatic heterocycles. The highest BCUT2D eigenvalue weighted by atomic mass is 16.5. The van der Waals surface area contributed by atoms with Crippen molar-refractivity contribution < 1.29 is 4.74 Å². The number of ether oxygens (including phenoxy) is 1. The van der Waals surface area contributed by atoms with Crippen LogP contribution in [0.4, 0.5) is 0 Å². The van der Waals surface area contributed by atoms with Crippen molar-refractivity contribution in [1.82, 2.24) is 15.1 Å². The van der Waals surface area contributed by atoms with E-state index in [1.54, 1.807) is 7.11 Å². The Morgan fingerprint density at radius 3 is 2.47 bits per heavy atom. The number of nitrogens with zero attached hydrogens (tertiary/aromatic N) is 2. The van der Waals surface area contributed by atoms with Crippen molar-refractivity contribution in [2.24, 2.45) is 7.05 Å². The van der Waals surface area contributed by atoms with E-state index in [0.29, 0.717) is 6.04 Å². The number of rotatable bonds is 7. The molecule has 4 heteroatoms. The molecule has 0 aromatic carbocycles. The summed E-state index contributed by atoms with van der Waals surface area (Å²) in [7, 11) is 5.75. The van der Waals surface area contributed by atoms with Crippen LogP contribution in [-0.2, 0) is 18.2 Å². The SMILES string of the molecule is CCC(CC)(OC)C(Cc1cnn(C)c1)NC. The summed E-state index contributed by atoms with van der Waals surface area (Å²) in [6.07, 6.45) is 6.95. The van der Waals surface area contributed by atoms with Crippen LogP contribution in [-0.4, -0.2) is 35.6 Å². The Balaban J connectivity index is 2.82. The Bertz CT molecular complexity index is 323. The molecule has 0 fully saturated rings. The van der Waals surface area contributed by atoms with Gasteiger partial charge in [0.25, 0.3) is 0 Å². The van der Waals surface area contributed by atoms with Gasteiger partial charge in [-0.25, -0.2) is 0 Å². The molecule has 1 heterocycles. The molecule has 0 saturated carbocycles. The van der Waals surface area contributed by atoms with Gasteiger partial charge < -0.3 is 10.1 Å². The molecule has 1 aromatic rings. The van der Waals surface area contributed by atoms with Gasteiger partial charge in [-0.3, -0.25) is 4.68 Å². The van der Waals surface area contributed by atoms with E-state index < -0.39 is 0 Å². The van der Waals surface area contributed by atoms with E-state index in [1.807, 2.05) is 25.0 Å². The zero-order chi connectivity index (χ0) is 12.9. The second kappa shape index (κ2) is 6.17. The van der Waals surface area contributed by atoms with Gasteiger partial charge >= 0.3 is 0 Å². The number of aromatic nitrogens is 2. The van der Waals surface area contributed by atoms with Gasteiger partial charge in [-0.2, -0.15) is 5.10 Å². The van der Waals surface area contributed by atoms with Crippen LogP contribution in [0.15, 0.2) is 12.4 Å².